The van der Waals surface area contributed by atoms with Crippen molar-refractivity contribution >= 4 is 32.7 Å². The summed E-state index contributed by atoms with van der Waals surface area (Å²) in [5.41, 5.74) is 1.31. The number of carbonyl (C=O) groups excluding carboxylic acids is 2. The van der Waals surface area contributed by atoms with Gasteiger partial charge in [-0.15, -0.1) is 0 Å². The Morgan fingerprint density at radius 1 is 1.00 bits per heavy atom. The van der Waals surface area contributed by atoms with Crippen molar-refractivity contribution in [2.45, 2.75) is 18.4 Å². The Labute approximate surface area is 186 Å². The molecule has 4 rings (SSSR count). The number of hydrogen-bond donors (Lipinski definition) is 0. The fraction of sp³-hybridized carbons (Fsp3) is 0.364. The van der Waals surface area contributed by atoms with Crippen LogP contribution in [-0.2, 0) is 16.6 Å². The van der Waals surface area contributed by atoms with Gasteiger partial charge in [0.25, 0.3) is 11.8 Å². The molecule has 3 aromatic rings. The van der Waals surface area contributed by atoms with Crippen LogP contribution in [-0.4, -0.2) is 79.2 Å². The van der Waals surface area contributed by atoms with E-state index in [0.717, 1.165) is 5.52 Å². The monoisotopic (exact) mass is 458 g/mol. The van der Waals surface area contributed by atoms with Crippen LogP contribution in [0, 0.1) is 0 Å². The summed E-state index contributed by atoms with van der Waals surface area (Å²) >= 11 is 0. The molecule has 170 valence electrons. The van der Waals surface area contributed by atoms with Gasteiger partial charge in [-0.1, -0.05) is 0 Å². The van der Waals surface area contributed by atoms with Gasteiger partial charge in [-0.2, -0.15) is 0 Å². The number of sulfonamides is 1. The molecule has 2 amide bonds. The van der Waals surface area contributed by atoms with Crippen molar-refractivity contribution < 1.29 is 22.4 Å². The van der Waals surface area contributed by atoms with E-state index in [4.69, 9.17) is 4.42 Å². The third-order valence-corrected chi connectivity index (χ3v) is 7.58. The Bertz CT molecular complexity index is 1250. The van der Waals surface area contributed by atoms with Crippen LogP contribution in [0.5, 0.6) is 0 Å². The SMILES string of the molecule is CCn1c(C(=O)N2CCN(C(=O)c3ccco3)CC2)cc2cc(S(=O)(=O)N(C)C)ccc21. The Balaban J connectivity index is 1.56. The average molecular weight is 459 g/mol. The van der Waals surface area contributed by atoms with Crippen LogP contribution in [0.4, 0.5) is 0 Å². The minimum Gasteiger partial charge on any atom is -0.459 e. The van der Waals surface area contributed by atoms with Crippen molar-refractivity contribution in [3.8, 4) is 0 Å². The molecule has 1 saturated heterocycles. The summed E-state index contributed by atoms with van der Waals surface area (Å²) < 4.78 is 33.2. The molecular formula is C22H26N4O5S. The maximum absolute atomic E-state index is 13.3. The molecule has 2 aromatic heterocycles. The lowest BCUT2D eigenvalue weighted by Gasteiger charge is -2.34. The first kappa shape index (κ1) is 22.1. The van der Waals surface area contributed by atoms with Crippen molar-refractivity contribution in [1.82, 2.24) is 18.7 Å². The van der Waals surface area contributed by atoms with Crippen LogP contribution in [0.15, 0.2) is 52.0 Å². The van der Waals surface area contributed by atoms with Gasteiger partial charge in [0, 0.05) is 57.7 Å². The molecule has 1 aliphatic heterocycles. The number of hydrogen-bond acceptors (Lipinski definition) is 5. The second-order valence-electron chi connectivity index (χ2n) is 7.84. The second kappa shape index (κ2) is 8.44. The normalized spacial score (nSPS) is 15.0. The summed E-state index contributed by atoms with van der Waals surface area (Å²) in [7, 11) is -0.593. The summed E-state index contributed by atoms with van der Waals surface area (Å²) in [6.45, 7) is 4.18. The lowest BCUT2D eigenvalue weighted by molar-refractivity contribution is 0.0513. The minimum absolute atomic E-state index is 0.134. The standard InChI is InChI=1S/C22H26N4O5S/c1-4-26-18-8-7-17(32(29,30)23(2)3)14-16(18)15-19(26)21(27)24-9-11-25(12-10-24)22(28)20-6-5-13-31-20/h5-8,13-15H,4,9-12H2,1-3H3. The lowest BCUT2D eigenvalue weighted by Crippen LogP contribution is -2.50. The van der Waals surface area contributed by atoms with Gasteiger partial charge < -0.3 is 18.8 Å². The predicted molar refractivity (Wildman–Crippen MR) is 119 cm³/mol. The van der Waals surface area contributed by atoms with Crippen molar-refractivity contribution in [2.75, 3.05) is 40.3 Å². The number of rotatable bonds is 5. The summed E-state index contributed by atoms with van der Waals surface area (Å²) in [6.07, 6.45) is 1.46. The molecule has 0 aliphatic carbocycles. The topological polar surface area (TPSA) is 96.1 Å². The van der Waals surface area contributed by atoms with E-state index in [9.17, 15) is 18.0 Å². The Morgan fingerprint density at radius 2 is 1.66 bits per heavy atom. The molecule has 32 heavy (non-hydrogen) atoms. The number of aryl methyl sites for hydroxylation is 1. The maximum Gasteiger partial charge on any atom is 0.289 e. The zero-order valence-electron chi connectivity index (χ0n) is 18.3. The van der Waals surface area contributed by atoms with E-state index >= 15 is 0 Å². The molecule has 0 radical (unpaired) electrons. The van der Waals surface area contributed by atoms with Crippen LogP contribution in [0.1, 0.15) is 28.0 Å². The zero-order chi connectivity index (χ0) is 23.0. The number of fused-ring (bicyclic) bond motifs is 1. The second-order valence-corrected chi connectivity index (χ2v) is 10.00. The van der Waals surface area contributed by atoms with Gasteiger partial charge in [0.2, 0.25) is 10.0 Å². The van der Waals surface area contributed by atoms with Crippen LogP contribution in [0.2, 0.25) is 0 Å². The van der Waals surface area contributed by atoms with Crippen molar-refractivity contribution in [3.63, 3.8) is 0 Å². The fourth-order valence-corrected chi connectivity index (χ4v) is 4.91. The highest BCUT2D eigenvalue weighted by Crippen LogP contribution is 2.26. The van der Waals surface area contributed by atoms with Gasteiger partial charge in [0.15, 0.2) is 5.76 Å². The number of furan rings is 1. The first-order valence-corrected chi connectivity index (χ1v) is 11.9. The third kappa shape index (κ3) is 3.80. The van der Waals surface area contributed by atoms with E-state index < -0.39 is 10.0 Å². The lowest BCUT2D eigenvalue weighted by atomic mass is 10.2. The summed E-state index contributed by atoms with van der Waals surface area (Å²) in [5.74, 6) is -0.0241. The first-order valence-electron chi connectivity index (χ1n) is 10.4. The molecule has 10 heteroatoms. The van der Waals surface area contributed by atoms with Gasteiger partial charge in [0.1, 0.15) is 5.69 Å². The van der Waals surface area contributed by atoms with E-state index in [0.29, 0.717) is 49.6 Å². The molecule has 1 aliphatic rings. The largest absolute Gasteiger partial charge is 0.459 e. The molecule has 0 atom stereocenters. The van der Waals surface area contributed by atoms with Crippen LogP contribution in [0.25, 0.3) is 10.9 Å². The predicted octanol–water partition coefficient (Wildman–Crippen LogP) is 2.10. The number of benzene rings is 1. The maximum atomic E-state index is 13.3. The van der Waals surface area contributed by atoms with Gasteiger partial charge in [-0.25, -0.2) is 12.7 Å². The number of carbonyl (C=O) groups is 2. The van der Waals surface area contributed by atoms with E-state index in [1.807, 2.05) is 11.5 Å². The quantitative estimate of drug-likeness (QED) is 0.583. The highest BCUT2D eigenvalue weighted by atomic mass is 32.2. The van der Waals surface area contributed by atoms with Crippen LogP contribution < -0.4 is 0 Å². The van der Waals surface area contributed by atoms with Crippen molar-refractivity contribution in [2.24, 2.45) is 0 Å². The van der Waals surface area contributed by atoms with Crippen molar-refractivity contribution in [3.05, 3.63) is 54.1 Å². The summed E-state index contributed by atoms with van der Waals surface area (Å²) in [4.78, 5) is 29.3. The highest BCUT2D eigenvalue weighted by molar-refractivity contribution is 7.89. The Hall–Kier alpha value is -3.11. The third-order valence-electron chi connectivity index (χ3n) is 5.77. The van der Waals surface area contributed by atoms with Crippen molar-refractivity contribution in [1.29, 1.82) is 0 Å². The number of amides is 2. The Kier molecular flexibility index (Phi) is 5.83. The molecule has 0 unspecified atom stereocenters. The smallest absolute Gasteiger partial charge is 0.289 e. The van der Waals surface area contributed by atoms with Gasteiger partial charge in [-0.3, -0.25) is 9.59 Å². The minimum atomic E-state index is -3.57. The molecular weight excluding hydrogens is 432 g/mol. The van der Waals surface area contributed by atoms with E-state index in [1.165, 1.54) is 24.7 Å². The average Bonchev–Trinajstić information content (AvgIpc) is 3.45. The molecule has 1 fully saturated rings. The number of nitrogens with zero attached hydrogens (tertiary/aromatic N) is 4. The number of piperazine rings is 1. The van der Waals surface area contributed by atoms with Gasteiger partial charge in [-0.05, 0) is 43.3 Å². The molecule has 9 nitrogen and oxygen atoms in total. The number of aromatic nitrogens is 1. The molecule has 0 spiro atoms. The molecule has 0 bridgehead atoms. The van der Waals surface area contributed by atoms with Crippen LogP contribution in [0.3, 0.4) is 0 Å². The van der Waals surface area contributed by atoms with E-state index in [1.54, 1.807) is 46.2 Å². The fourth-order valence-electron chi connectivity index (χ4n) is 3.97. The van der Waals surface area contributed by atoms with Gasteiger partial charge >= 0.3 is 0 Å². The molecule has 3 heterocycles. The summed E-state index contributed by atoms with van der Waals surface area (Å²) in [6, 6.07) is 9.96. The van der Waals surface area contributed by atoms with E-state index in [2.05, 4.69) is 0 Å². The molecule has 1 aromatic carbocycles. The van der Waals surface area contributed by atoms with E-state index in [-0.39, 0.29) is 16.7 Å². The van der Waals surface area contributed by atoms with Gasteiger partial charge in [0.05, 0.1) is 11.2 Å². The zero-order valence-corrected chi connectivity index (χ0v) is 19.1. The highest BCUT2D eigenvalue weighted by Gasteiger charge is 2.28. The molecule has 0 saturated carbocycles. The van der Waals surface area contributed by atoms with Crippen LogP contribution >= 0.6 is 0 Å². The molecule has 0 N–H and O–H groups in total. The Morgan fingerprint density at radius 3 is 2.22 bits per heavy atom. The first-order chi connectivity index (χ1) is 15.2. The summed E-state index contributed by atoms with van der Waals surface area (Å²) in [5, 5.41) is 0.699.